The zero-order valence-electron chi connectivity index (χ0n) is 35.8. The van der Waals surface area contributed by atoms with Crippen LogP contribution in [0.4, 0.5) is 5.69 Å². The minimum atomic E-state index is -0.120. The summed E-state index contributed by atoms with van der Waals surface area (Å²) in [5, 5.41) is 1.75. The van der Waals surface area contributed by atoms with E-state index < -0.39 is 0 Å². The molecule has 308 valence electrons. The molecule has 0 unspecified atom stereocenters. The predicted octanol–water partition coefficient (Wildman–Crippen LogP) is 15.6. The van der Waals surface area contributed by atoms with E-state index in [1.165, 1.54) is 75.3 Å². The van der Waals surface area contributed by atoms with Crippen molar-refractivity contribution in [2.24, 2.45) is 4.99 Å². The minimum absolute atomic E-state index is 0. The summed E-state index contributed by atoms with van der Waals surface area (Å²) in [5.41, 5.74) is 13.0. The van der Waals surface area contributed by atoms with Gasteiger partial charge < -0.3 is 6.42 Å². The average Bonchev–Trinajstić information content (AvgIpc) is 4.00. The Bertz CT molecular complexity index is 1520. The molecule has 0 N–H and O–H groups in total. The third-order valence-corrected chi connectivity index (χ3v) is 14.9. The molecular formula is C52H67ClFeNPPd+2. The van der Waals surface area contributed by atoms with Crippen LogP contribution in [-0.2, 0) is 35.2 Å². The van der Waals surface area contributed by atoms with Crippen molar-refractivity contribution in [3.05, 3.63) is 147 Å². The van der Waals surface area contributed by atoms with Crippen molar-refractivity contribution in [2.45, 2.75) is 149 Å². The maximum Gasteiger partial charge on any atom is 2.00 e. The van der Waals surface area contributed by atoms with Crippen molar-refractivity contribution in [2.75, 3.05) is 0 Å². The van der Waals surface area contributed by atoms with Crippen LogP contribution in [-0.4, -0.2) is 17.0 Å². The standard InChI is InChI=1S/C33H49P.C14H13N.C5H5.ClH.Fe.Pd/c1-23(2)26-21-30(24(3)4)33(31(22-26)25(5)6)29-19-13-14-20-32(29)34(27-15-9-7-10-16-27)28-17-11-8-12-18-28;1-11-7-9-14(10-8-11)15-12(2)13-5-3-4-6-13;1-2-4-5-3-1;;;/h13-14,19-25,27-28H,7-12,15-18H2,1-6H3;3-5,7-10H,1-2H3;1-5H;1H;;/q;-1;;;2*+2/p-1. The van der Waals surface area contributed by atoms with Gasteiger partial charge in [0.05, 0.1) is 5.69 Å². The maximum absolute atomic E-state index is 4.53. The van der Waals surface area contributed by atoms with E-state index in [1.54, 1.807) is 27.6 Å². The fourth-order valence-corrected chi connectivity index (χ4v) is 12.3. The van der Waals surface area contributed by atoms with Gasteiger partial charge in [-0.05, 0) is 152 Å². The Hall–Kier alpha value is -0.768. The number of aliphatic imine (C=N–C) groups is 1. The Balaban J connectivity index is 0.000000310. The molecule has 4 aliphatic carbocycles. The molecule has 1 nitrogen and oxygen atoms in total. The van der Waals surface area contributed by atoms with Gasteiger partial charge in [0.2, 0.25) is 0 Å². The smallest absolute Gasteiger partial charge is 2.00 e. The first-order valence-electron chi connectivity index (χ1n) is 21.2. The topological polar surface area (TPSA) is 12.4 Å². The second-order valence-electron chi connectivity index (χ2n) is 16.6. The molecule has 0 bridgehead atoms. The number of rotatable bonds is 9. The van der Waals surface area contributed by atoms with Gasteiger partial charge in [-0.25, -0.2) is 6.42 Å². The molecule has 0 amide bonds. The van der Waals surface area contributed by atoms with Crippen molar-refractivity contribution >= 4 is 34.2 Å². The second-order valence-corrected chi connectivity index (χ2v) is 19.4. The molecule has 0 aromatic heterocycles. The summed E-state index contributed by atoms with van der Waals surface area (Å²) < 4.78 is 0. The number of halogens is 1. The molecule has 0 aliphatic heterocycles. The van der Waals surface area contributed by atoms with Crippen LogP contribution in [0.15, 0.2) is 65.7 Å². The van der Waals surface area contributed by atoms with Gasteiger partial charge in [-0.2, -0.15) is 5.92 Å². The van der Waals surface area contributed by atoms with Crippen molar-refractivity contribution in [3.8, 4) is 11.1 Å². The Morgan fingerprint density at radius 2 is 1.18 bits per heavy atom. The fourth-order valence-electron chi connectivity index (χ4n) is 8.34. The summed E-state index contributed by atoms with van der Waals surface area (Å²) in [6.07, 6.45) is 33.6. The maximum atomic E-state index is 4.53. The van der Waals surface area contributed by atoms with Crippen LogP contribution in [0.1, 0.15) is 153 Å². The van der Waals surface area contributed by atoms with Crippen LogP contribution in [0.5, 0.6) is 0 Å². The zero-order valence-corrected chi connectivity index (χ0v) is 40.1. The van der Waals surface area contributed by atoms with E-state index in [9.17, 15) is 0 Å². The Labute approximate surface area is 378 Å². The molecule has 4 saturated carbocycles. The molecule has 0 saturated heterocycles. The van der Waals surface area contributed by atoms with Crippen LogP contribution >= 0.6 is 17.5 Å². The van der Waals surface area contributed by atoms with Gasteiger partial charge in [-0.1, -0.05) is 155 Å². The van der Waals surface area contributed by atoms with Crippen molar-refractivity contribution < 1.29 is 35.2 Å². The molecule has 4 aliphatic rings. The van der Waals surface area contributed by atoms with E-state index in [2.05, 4.69) is 136 Å². The van der Waals surface area contributed by atoms with Gasteiger partial charge in [0.1, 0.15) is 0 Å². The van der Waals surface area contributed by atoms with Crippen molar-refractivity contribution in [1.82, 2.24) is 0 Å². The third-order valence-electron chi connectivity index (χ3n) is 11.4. The van der Waals surface area contributed by atoms with Crippen LogP contribution in [0.2, 0.25) is 0 Å². The molecule has 7 rings (SSSR count). The van der Waals surface area contributed by atoms with E-state index in [0.29, 0.717) is 17.8 Å². The molecule has 4 fully saturated rings. The van der Waals surface area contributed by atoms with Crippen LogP contribution in [0, 0.1) is 70.6 Å². The molecule has 0 atom stereocenters. The second kappa shape index (κ2) is 27.2. The molecule has 5 heteroatoms. The molecule has 0 spiro atoms. The predicted molar refractivity (Wildman–Crippen MR) is 245 cm³/mol. The fraction of sp³-hybridized carbons (Fsp3) is 0.442. The van der Waals surface area contributed by atoms with E-state index in [0.717, 1.165) is 28.6 Å². The van der Waals surface area contributed by atoms with Crippen molar-refractivity contribution in [1.29, 1.82) is 0 Å². The summed E-state index contributed by atoms with van der Waals surface area (Å²) in [7, 11) is 4.37. The largest absolute Gasteiger partial charge is 2.00 e. The first-order chi connectivity index (χ1) is 27.1. The molecule has 3 aromatic rings. The van der Waals surface area contributed by atoms with Gasteiger partial charge in [-0.3, -0.25) is 4.99 Å². The number of benzene rings is 3. The molecule has 10 radical (unpaired) electrons. The Kier molecular flexibility index (Phi) is 24.2. The van der Waals surface area contributed by atoms with E-state index >= 15 is 0 Å². The summed E-state index contributed by atoms with van der Waals surface area (Å²) in [6.45, 7) is 18.4. The minimum Gasteiger partial charge on any atom is 2.00 e. The van der Waals surface area contributed by atoms with E-state index in [-0.39, 0.29) is 25.0 Å². The van der Waals surface area contributed by atoms with E-state index in [1.807, 2.05) is 70.4 Å². The number of hydrogen-bond acceptors (Lipinski definition) is 1. The summed E-state index contributed by atoms with van der Waals surface area (Å²) >= 11 is 2.22. The summed E-state index contributed by atoms with van der Waals surface area (Å²) in [6, 6.07) is 23.0. The summed E-state index contributed by atoms with van der Waals surface area (Å²) in [4.78, 5) is 4.53. The SMILES string of the molecule is CC(=Nc1ccc(C)cc1)[C]1[C-][CH][CH][CH]1.CC(C)c1cc(C(C)C)c(-c2ccccc2P(C2CCCCC2)C2CCCCC2)c(C(C)C)c1.[CH]1[CH][CH][CH][CH]1.[Cl][Pd+].[Fe+2]. The quantitative estimate of drug-likeness (QED) is 0.0877. The van der Waals surface area contributed by atoms with Crippen LogP contribution < -0.4 is 5.30 Å². The van der Waals surface area contributed by atoms with Gasteiger partial charge in [0.25, 0.3) is 0 Å². The number of hydrogen-bond donors (Lipinski definition) is 0. The first-order valence-corrected chi connectivity index (χ1v) is 24.7. The molecule has 3 aromatic carbocycles. The molecule has 57 heavy (non-hydrogen) atoms. The molecule has 0 heterocycles. The number of aryl methyl sites for hydroxylation is 1. The van der Waals surface area contributed by atoms with Crippen molar-refractivity contribution in [3.63, 3.8) is 0 Å². The first kappa shape index (κ1) is 50.6. The monoisotopic (exact) mass is 933 g/mol. The average molecular weight is 935 g/mol. The van der Waals surface area contributed by atoms with E-state index in [4.69, 9.17) is 0 Å². The zero-order chi connectivity index (χ0) is 40.5. The van der Waals surface area contributed by atoms with Crippen LogP contribution in [0.3, 0.4) is 0 Å². The normalized spacial score (nSPS) is 18.1. The molecular weight excluding hydrogens is 867 g/mol. The van der Waals surface area contributed by atoms with Gasteiger partial charge in [-0.15, -0.1) is 0 Å². The Morgan fingerprint density at radius 3 is 1.61 bits per heavy atom. The Morgan fingerprint density at radius 1 is 0.684 bits per heavy atom. The van der Waals surface area contributed by atoms with Gasteiger partial charge >= 0.3 is 44.8 Å². The van der Waals surface area contributed by atoms with Gasteiger partial charge in [0, 0.05) is 0 Å². The third kappa shape index (κ3) is 15.6. The van der Waals surface area contributed by atoms with Crippen LogP contribution in [0.25, 0.3) is 11.1 Å². The number of nitrogens with zero attached hydrogens (tertiary/aromatic N) is 1. The van der Waals surface area contributed by atoms with Gasteiger partial charge in [0.15, 0.2) is 0 Å². The summed E-state index contributed by atoms with van der Waals surface area (Å²) in [5.74, 6) is 2.71.